The fourth-order valence-electron chi connectivity index (χ4n) is 1.09. The molecule has 2 rings (SSSR count). The van der Waals surface area contributed by atoms with Gasteiger partial charge in [0, 0.05) is 4.47 Å². The highest BCUT2D eigenvalue weighted by Gasteiger charge is 2.05. The van der Waals surface area contributed by atoms with Crippen molar-refractivity contribution in [2.75, 3.05) is 0 Å². The third kappa shape index (κ3) is 1.50. The van der Waals surface area contributed by atoms with Crippen LogP contribution in [0.4, 0.5) is 0 Å². The standard InChI is InChI=1S/C8H4BrIN2O/c9-5-3-1-2-4-6(5)11-12-8(10)7(4)13/h1-3H,(H,11,13). The van der Waals surface area contributed by atoms with Gasteiger partial charge in [-0.15, -0.1) is 0 Å². The molecule has 1 aromatic carbocycles. The number of hydrogen-bond donors (Lipinski definition) is 1. The first kappa shape index (κ1) is 9.14. The lowest BCUT2D eigenvalue weighted by Gasteiger charge is -1.98. The van der Waals surface area contributed by atoms with Gasteiger partial charge in [0.2, 0.25) is 5.43 Å². The van der Waals surface area contributed by atoms with Gasteiger partial charge in [-0.05, 0) is 50.7 Å². The van der Waals surface area contributed by atoms with Gasteiger partial charge >= 0.3 is 0 Å². The summed E-state index contributed by atoms with van der Waals surface area (Å²) >= 11 is 5.26. The Morgan fingerprint density at radius 2 is 2.23 bits per heavy atom. The van der Waals surface area contributed by atoms with Crippen molar-refractivity contribution in [3.8, 4) is 0 Å². The zero-order valence-electron chi connectivity index (χ0n) is 6.34. The molecule has 0 bridgehead atoms. The van der Waals surface area contributed by atoms with E-state index in [0.29, 0.717) is 9.09 Å². The zero-order chi connectivity index (χ0) is 9.42. The largest absolute Gasteiger partial charge is 0.286 e. The average molecular weight is 351 g/mol. The number of benzene rings is 1. The van der Waals surface area contributed by atoms with Gasteiger partial charge in [0.15, 0.2) is 3.70 Å². The van der Waals surface area contributed by atoms with E-state index in [-0.39, 0.29) is 5.43 Å². The minimum atomic E-state index is -0.0318. The van der Waals surface area contributed by atoms with E-state index in [1.165, 1.54) is 0 Å². The minimum Gasteiger partial charge on any atom is -0.286 e. The molecular weight excluding hydrogens is 347 g/mol. The maximum atomic E-state index is 11.6. The van der Waals surface area contributed by atoms with E-state index < -0.39 is 0 Å². The predicted octanol–water partition coefficient (Wildman–Crippen LogP) is 2.29. The molecule has 0 saturated heterocycles. The van der Waals surface area contributed by atoms with Crippen molar-refractivity contribution in [3.63, 3.8) is 0 Å². The van der Waals surface area contributed by atoms with Crippen molar-refractivity contribution < 1.29 is 0 Å². The van der Waals surface area contributed by atoms with Crippen molar-refractivity contribution in [3.05, 3.63) is 36.6 Å². The summed E-state index contributed by atoms with van der Waals surface area (Å²) in [6.07, 6.45) is 0. The van der Waals surface area contributed by atoms with Crippen LogP contribution < -0.4 is 5.43 Å². The lowest BCUT2D eigenvalue weighted by Crippen LogP contribution is -2.09. The Kier molecular flexibility index (Phi) is 2.37. The van der Waals surface area contributed by atoms with Gasteiger partial charge in [-0.1, -0.05) is 6.07 Å². The normalized spacial score (nSPS) is 10.6. The second-order valence-corrected chi connectivity index (χ2v) is 4.38. The summed E-state index contributed by atoms with van der Waals surface area (Å²) in [5.41, 5.74) is 0.712. The van der Waals surface area contributed by atoms with E-state index in [1.807, 2.05) is 34.7 Å². The summed E-state index contributed by atoms with van der Waals surface area (Å²) in [4.78, 5) is 11.6. The van der Waals surface area contributed by atoms with Crippen LogP contribution >= 0.6 is 38.5 Å². The molecule has 0 amide bonds. The number of aromatic amines is 1. The van der Waals surface area contributed by atoms with Crippen LogP contribution in [0.3, 0.4) is 0 Å². The predicted molar refractivity (Wildman–Crippen MR) is 62.8 cm³/mol. The summed E-state index contributed by atoms with van der Waals surface area (Å²) in [5.74, 6) is 0. The van der Waals surface area contributed by atoms with Gasteiger partial charge in [-0.25, -0.2) is 0 Å². The number of fused-ring (bicyclic) bond motifs is 1. The molecule has 0 atom stereocenters. The molecule has 0 fully saturated rings. The highest BCUT2D eigenvalue weighted by atomic mass is 127. The summed E-state index contributed by atoms with van der Waals surface area (Å²) in [7, 11) is 0. The maximum Gasteiger partial charge on any atom is 0.221 e. The monoisotopic (exact) mass is 350 g/mol. The molecule has 1 heterocycles. The van der Waals surface area contributed by atoms with Crippen LogP contribution in [-0.4, -0.2) is 10.2 Å². The third-order valence-corrected chi connectivity index (χ3v) is 3.10. The van der Waals surface area contributed by atoms with Gasteiger partial charge in [-0.2, -0.15) is 5.10 Å². The number of para-hydroxylation sites is 1. The molecule has 0 aliphatic heterocycles. The molecule has 0 unspecified atom stereocenters. The number of aromatic nitrogens is 2. The quantitative estimate of drug-likeness (QED) is 0.741. The van der Waals surface area contributed by atoms with Crippen LogP contribution in [-0.2, 0) is 0 Å². The number of H-pyrrole nitrogens is 1. The van der Waals surface area contributed by atoms with Crippen molar-refractivity contribution in [2.24, 2.45) is 0 Å². The summed E-state index contributed by atoms with van der Waals surface area (Å²) < 4.78 is 1.31. The molecule has 66 valence electrons. The maximum absolute atomic E-state index is 11.6. The van der Waals surface area contributed by atoms with Gasteiger partial charge < -0.3 is 0 Å². The second kappa shape index (κ2) is 3.38. The Balaban J connectivity index is 3.03. The van der Waals surface area contributed by atoms with Gasteiger partial charge in [0.1, 0.15) is 0 Å². The molecule has 0 radical (unpaired) electrons. The van der Waals surface area contributed by atoms with Crippen molar-refractivity contribution in [1.82, 2.24) is 10.2 Å². The smallest absolute Gasteiger partial charge is 0.221 e. The van der Waals surface area contributed by atoms with E-state index in [2.05, 4.69) is 26.1 Å². The molecule has 2 aromatic rings. The van der Waals surface area contributed by atoms with Crippen LogP contribution in [0.2, 0.25) is 0 Å². The first-order valence-corrected chi connectivity index (χ1v) is 5.40. The fourth-order valence-corrected chi connectivity index (χ4v) is 1.96. The second-order valence-electron chi connectivity index (χ2n) is 2.51. The van der Waals surface area contributed by atoms with Crippen LogP contribution in [0, 0.1) is 3.70 Å². The van der Waals surface area contributed by atoms with Crippen LogP contribution in [0.5, 0.6) is 0 Å². The van der Waals surface area contributed by atoms with E-state index in [1.54, 1.807) is 6.07 Å². The first-order valence-electron chi connectivity index (χ1n) is 3.52. The molecule has 0 saturated carbocycles. The SMILES string of the molecule is O=c1c(I)n[nH]c2c(Br)cccc12. The van der Waals surface area contributed by atoms with E-state index >= 15 is 0 Å². The lowest BCUT2D eigenvalue weighted by atomic mass is 10.2. The molecule has 1 N–H and O–H groups in total. The lowest BCUT2D eigenvalue weighted by molar-refractivity contribution is 1.03. The van der Waals surface area contributed by atoms with Crippen molar-refractivity contribution in [1.29, 1.82) is 0 Å². The van der Waals surface area contributed by atoms with Crippen molar-refractivity contribution >= 4 is 49.4 Å². The third-order valence-electron chi connectivity index (χ3n) is 1.71. The number of halogens is 2. The van der Waals surface area contributed by atoms with Gasteiger partial charge in [-0.3, -0.25) is 9.89 Å². The molecule has 1 aromatic heterocycles. The summed E-state index contributed by atoms with van der Waals surface area (Å²) in [6.45, 7) is 0. The van der Waals surface area contributed by atoms with Crippen LogP contribution in [0.1, 0.15) is 0 Å². The molecule has 0 aliphatic rings. The average Bonchev–Trinajstić information content (AvgIpc) is 2.12. The molecule has 0 aliphatic carbocycles. The van der Waals surface area contributed by atoms with E-state index in [0.717, 1.165) is 9.99 Å². The Bertz CT molecular complexity index is 523. The molecule has 3 nitrogen and oxygen atoms in total. The Hall–Kier alpha value is -0.430. The van der Waals surface area contributed by atoms with Crippen LogP contribution in [0.15, 0.2) is 27.5 Å². The number of nitrogens with one attached hydrogen (secondary N) is 1. The number of rotatable bonds is 0. The Morgan fingerprint density at radius 1 is 1.46 bits per heavy atom. The Labute approximate surface area is 95.8 Å². The highest BCUT2D eigenvalue weighted by molar-refractivity contribution is 14.1. The van der Waals surface area contributed by atoms with E-state index in [4.69, 9.17) is 0 Å². The molecule has 5 heteroatoms. The fraction of sp³-hybridized carbons (Fsp3) is 0. The molecule has 13 heavy (non-hydrogen) atoms. The van der Waals surface area contributed by atoms with Gasteiger partial charge in [0.25, 0.3) is 0 Å². The summed E-state index contributed by atoms with van der Waals surface area (Å²) in [5, 5.41) is 7.37. The first-order chi connectivity index (χ1) is 6.20. The summed E-state index contributed by atoms with van der Waals surface area (Å²) in [6, 6.07) is 5.48. The van der Waals surface area contributed by atoms with Gasteiger partial charge in [0.05, 0.1) is 10.9 Å². The zero-order valence-corrected chi connectivity index (χ0v) is 10.1. The highest BCUT2D eigenvalue weighted by Crippen LogP contribution is 2.18. The number of hydrogen-bond acceptors (Lipinski definition) is 2. The topological polar surface area (TPSA) is 45.8 Å². The minimum absolute atomic E-state index is 0.0318. The Morgan fingerprint density at radius 3 is 3.00 bits per heavy atom. The van der Waals surface area contributed by atoms with E-state index in [9.17, 15) is 4.79 Å². The molecular formula is C8H4BrIN2O. The van der Waals surface area contributed by atoms with Crippen LogP contribution in [0.25, 0.3) is 10.9 Å². The van der Waals surface area contributed by atoms with Crippen molar-refractivity contribution in [2.45, 2.75) is 0 Å². The molecule has 0 spiro atoms. The number of nitrogens with zero attached hydrogens (tertiary/aromatic N) is 1.